The van der Waals surface area contributed by atoms with E-state index in [1.165, 1.54) is 11.8 Å². The maximum Gasteiger partial charge on any atom is 0.245 e. The van der Waals surface area contributed by atoms with E-state index in [9.17, 15) is 67.4 Å². The zero-order valence-corrected chi connectivity index (χ0v) is 63.9. The number of unbranched alkanes of at least 4 members (excludes halogenated alkanes) is 2. The van der Waals surface area contributed by atoms with Crippen molar-refractivity contribution >= 4 is 76.8 Å². The summed E-state index contributed by atoms with van der Waals surface area (Å²) in [5.41, 5.74) is 24.4. The third kappa shape index (κ3) is 32.8. The fourth-order valence-electron chi connectivity index (χ4n) is 12.0. The van der Waals surface area contributed by atoms with Gasteiger partial charge in [0.2, 0.25) is 76.8 Å². The van der Waals surface area contributed by atoms with Crippen LogP contribution >= 0.6 is 0 Å². The van der Waals surface area contributed by atoms with Gasteiger partial charge in [0.25, 0.3) is 0 Å². The molecule has 0 bridgehead atoms. The second kappa shape index (κ2) is 46.8. The molecule has 1 aliphatic rings. The van der Waals surface area contributed by atoms with Crippen molar-refractivity contribution in [3.05, 3.63) is 35.9 Å². The molecule has 30 nitrogen and oxygen atoms in total. The van der Waals surface area contributed by atoms with Gasteiger partial charge in [0.15, 0.2) is 0 Å². The number of likely N-dealkylation sites (tertiary alicyclic amines) is 1. The average Bonchev–Trinajstić information content (AvgIpc) is 1.77. The van der Waals surface area contributed by atoms with Crippen molar-refractivity contribution in [3.8, 4) is 0 Å². The SMILES string of the molecule is CCC(C)[C@H](NC(=O)[C@@H]1CCCN1C(=O)[C@H](CC(C)C)NC(=O)[C@@H](N)Cc1ccccc1)C(=O)N[C@H](C(=O)N[C@@H](C)C(=O)N[C@@H](CCCCN)C(=O)N[C@@H](CC(C)C)C(=O)N[C@@H](CC(C)C)C(=O)N[C@@H](CO)C(=O)N[C@@H](CCCCN)C(=O)N[C@@H](CC(C)C)C(=O)N[C@@H](CC(C)C)C(N)=O)C(C)C. The molecular weight excluding hydrogens is 1320 g/mol. The lowest BCUT2D eigenvalue weighted by atomic mass is 9.96. The first-order chi connectivity index (χ1) is 48.4. The number of amides is 13. The van der Waals surface area contributed by atoms with Crippen molar-refractivity contribution in [1.82, 2.24) is 63.4 Å². The first kappa shape index (κ1) is 91.3. The molecule has 1 fully saturated rings. The Morgan fingerprint density at radius 1 is 0.456 bits per heavy atom. The van der Waals surface area contributed by atoms with Crippen molar-refractivity contribution in [2.45, 2.75) is 279 Å². The Kier molecular flexibility index (Phi) is 41.5. The van der Waals surface area contributed by atoms with E-state index in [4.69, 9.17) is 22.9 Å². The molecule has 0 saturated carbocycles. The number of rotatable bonds is 48. The van der Waals surface area contributed by atoms with Crippen molar-refractivity contribution in [2.75, 3.05) is 26.2 Å². The zero-order valence-electron chi connectivity index (χ0n) is 63.9. The van der Waals surface area contributed by atoms with Crippen LogP contribution in [0.1, 0.15) is 199 Å². The summed E-state index contributed by atoms with van der Waals surface area (Å²) in [4.78, 5) is 183. The van der Waals surface area contributed by atoms with Crippen LogP contribution in [0, 0.1) is 41.4 Å². The lowest BCUT2D eigenvalue weighted by molar-refractivity contribution is -0.143. The van der Waals surface area contributed by atoms with Gasteiger partial charge in [-0.25, -0.2) is 0 Å². The predicted molar refractivity (Wildman–Crippen MR) is 393 cm³/mol. The number of aliphatic hydroxyl groups excluding tert-OH is 1. The van der Waals surface area contributed by atoms with Crippen LogP contribution in [-0.2, 0) is 68.7 Å². The molecule has 1 aliphatic heterocycles. The molecule has 0 aromatic heterocycles. The molecular formula is C73H128N16O14. The van der Waals surface area contributed by atoms with Crippen molar-refractivity contribution in [3.63, 3.8) is 0 Å². The molecule has 103 heavy (non-hydrogen) atoms. The van der Waals surface area contributed by atoms with Gasteiger partial charge in [-0.3, -0.25) is 62.3 Å². The molecule has 13 amide bonds. The second-order valence-corrected chi connectivity index (χ2v) is 30.1. The number of carbonyl (C=O) groups is 13. The predicted octanol–water partition coefficient (Wildman–Crippen LogP) is 0.568. The number of nitrogens with zero attached hydrogens (tertiary/aromatic N) is 1. The molecule has 30 heteroatoms. The molecule has 14 atom stereocenters. The molecule has 0 spiro atoms. The Balaban J connectivity index is 2.33. The maximum absolute atomic E-state index is 14.4. The van der Waals surface area contributed by atoms with Crippen LogP contribution in [0.5, 0.6) is 0 Å². The largest absolute Gasteiger partial charge is 0.394 e. The van der Waals surface area contributed by atoms with Crippen molar-refractivity contribution < 1.29 is 67.4 Å². The molecule has 1 unspecified atom stereocenters. The van der Waals surface area contributed by atoms with Gasteiger partial charge in [-0.05, 0) is 157 Å². The summed E-state index contributed by atoms with van der Waals surface area (Å²) >= 11 is 0. The highest BCUT2D eigenvalue weighted by molar-refractivity contribution is 6.00. The van der Waals surface area contributed by atoms with E-state index in [-0.39, 0.29) is 101 Å². The second-order valence-electron chi connectivity index (χ2n) is 30.1. The summed E-state index contributed by atoms with van der Waals surface area (Å²) in [7, 11) is 0. The number of carbonyl (C=O) groups excluding carboxylic acids is 13. The quantitative estimate of drug-likeness (QED) is 0.0397. The highest BCUT2D eigenvalue weighted by atomic mass is 16.3. The number of nitrogens with two attached hydrogens (primary N) is 4. The van der Waals surface area contributed by atoms with Gasteiger partial charge >= 0.3 is 0 Å². The summed E-state index contributed by atoms with van der Waals surface area (Å²) in [6.45, 7) is 26.5. The van der Waals surface area contributed by atoms with Crippen molar-refractivity contribution in [2.24, 2.45) is 64.4 Å². The standard InChI is InChI=1S/C73H128N16O14/c1-16-46(14)60(88-70(100)58-29-24-32-89(58)73(103)56(37-44(10)11)85-63(93)49(76)38-48-25-18-17-19-26-48)72(102)87-59(45(12)13)71(101)78-47(15)62(92)79-50(27-20-22-30-74)64(94)83-54(35-42(6)7)67(97)84-55(36-43(8)9)68(98)86-57(39-90)69(99)80-51(28-21-23-31-75)65(95)82-53(34-41(4)5)66(96)81-52(61(77)91)33-40(2)3/h17-19,25-26,40-47,49-60,90H,16,20-24,27-39,74-76H2,1-15H3,(H2,77,91)(H,78,101)(H,79,92)(H,80,99)(H,81,96)(H,82,95)(H,83,94)(H,84,97)(H,85,93)(H,86,98)(H,87,102)(H,88,100)/t46?,47-,49-,50-,51-,52-,53-,54-,55-,56-,57-,58-,59-,60-/m0/s1. The van der Waals surface area contributed by atoms with E-state index in [1.807, 2.05) is 78.8 Å². The minimum atomic E-state index is -1.65. The number of primary amides is 1. The molecule has 2 rings (SSSR count). The summed E-state index contributed by atoms with van der Waals surface area (Å²) in [5.74, 6) is -10.9. The molecule has 1 aromatic rings. The number of benzene rings is 1. The van der Waals surface area contributed by atoms with Crippen LogP contribution in [-0.4, -0.2) is 192 Å². The van der Waals surface area contributed by atoms with Crippen LogP contribution in [0.25, 0.3) is 0 Å². The lowest BCUT2D eigenvalue weighted by Crippen LogP contribution is -2.61. The fraction of sp³-hybridized carbons (Fsp3) is 0.740. The fourth-order valence-corrected chi connectivity index (χ4v) is 12.0. The zero-order chi connectivity index (χ0) is 78.0. The Morgan fingerprint density at radius 2 is 0.845 bits per heavy atom. The first-order valence-corrected chi connectivity index (χ1v) is 37.1. The molecule has 1 heterocycles. The van der Waals surface area contributed by atoms with E-state index in [0.717, 1.165) is 5.56 Å². The molecule has 20 N–H and O–H groups in total. The number of hydrogen-bond donors (Lipinski definition) is 16. The summed E-state index contributed by atoms with van der Waals surface area (Å²) < 4.78 is 0. The Bertz CT molecular complexity index is 2900. The Hall–Kier alpha value is -7.83. The third-order valence-electron chi connectivity index (χ3n) is 18.0. The molecule has 0 radical (unpaired) electrons. The summed E-state index contributed by atoms with van der Waals surface area (Å²) in [6.07, 6.45) is 3.95. The lowest BCUT2D eigenvalue weighted by Gasteiger charge is -2.32. The molecule has 584 valence electrons. The van der Waals surface area contributed by atoms with Crippen molar-refractivity contribution in [1.29, 1.82) is 0 Å². The van der Waals surface area contributed by atoms with Crippen LogP contribution in [0.3, 0.4) is 0 Å². The van der Waals surface area contributed by atoms with Gasteiger partial charge in [0.1, 0.15) is 72.5 Å². The molecule has 0 aliphatic carbocycles. The Labute approximate surface area is 610 Å². The van der Waals surface area contributed by atoms with E-state index < -0.39 is 174 Å². The monoisotopic (exact) mass is 1450 g/mol. The maximum atomic E-state index is 14.4. The van der Waals surface area contributed by atoms with Gasteiger partial charge in [-0.15, -0.1) is 0 Å². The number of aliphatic hydroxyl groups is 1. The van der Waals surface area contributed by atoms with Gasteiger partial charge in [0, 0.05) is 6.54 Å². The first-order valence-electron chi connectivity index (χ1n) is 37.1. The number of hydrogen-bond acceptors (Lipinski definition) is 17. The minimum absolute atomic E-state index is 0.000256. The van der Waals surface area contributed by atoms with Crippen LogP contribution in [0.2, 0.25) is 0 Å². The molecule has 1 aromatic carbocycles. The smallest absolute Gasteiger partial charge is 0.245 e. The van der Waals surface area contributed by atoms with Crippen LogP contribution in [0.4, 0.5) is 0 Å². The van der Waals surface area contributed by atoms with E-state index in [0.29, 0.717) is 44.9 Å². The average molecular weight is 1450 g/mol. The highest BCUT2D eigenvalue weighted by Gasteiger charge is 2.42. The minimum Gasteiger partial charge on any atom is -0.394 e. The highest BCUT2D eigenvalue weighted by Crippen LogP contribution is 2.23. The van der Waals surface area contributed by atoms with Crippen LogP contribution in [0.15, 0.2) is 30.3 Å². The third-order valence-corrected chi connectivity index (χ3v) is 18.0. The topological polar surface area (TPSA) is 482 Å². The number of nitrogens with one attached hydrogen (secondary N) is 11. The normalized spacial score (nSPS) is 16.9. The summed E-state index contributed by atoms with van der Waals surface area (Å²) in [5, 5.41) is 40.3. The van der Waals surface area contributed by atoms with Gasteiger partial charge in [-0.2, -0.15) is 0 Å². The van der Waals surface area contributed by atoms with E-state index >= 15 is 0 Å². The Morgan fingerprint density at radius 3 is 1.27 bits per heavy atom. The van der Waals surface area contributed by atoms with Gasteiger partial charge in [-0.1, -0.05) is 134 Å². The van der Waals surface area contributed by atoms with E-state index in [2.05, 4.69) is 58.5 Å². The summed E-state index contributed by atoms with van der Waals surface area (Å²) in [6, 6.07) is -6.34. The van der Waals surface area contributed by atoms with Gasteiger partial charge in [0.05, 0.1) is 12.6 Å². The van der Waals surface area contributed by atoms with E-state index in [1.54, 1.807) is 48.5 Å². The molecule has 1 saturated heterocycles. The van der Waals surface area contributed by atoms with Crippen LogP contribution < -0.4 is 81.4 Å². The van der Waals surface area contributed by atoms with Gasteiger partial charge < -0.3 is 91.4 Å².